The average Bonchev–Trinajstić information content (AvgIpc) is 2.90. The molecule has 0 aromatic rings. The van der Waals surface area contributed by atoms with Crippen molar-refractivity contribution in [3.8, 4) is 23.7 Å². The summed E-state index contributed by atoms with van der Waals surface area (Å²) in [7, 11) is 0. The normalized spacial score (nSPS) is 27.1. The molecule has 3 rings (SSSR count). The van der Waals surface area contributed by atoms with Crippen LogP contribution in [-0.2, 0) is 14.2 Å². The van der Waals surface area contributed by atoms with Crippen LogP contribution in [0.5, 0.6) is 0 Å². The molecule has 1 spiro atoms. The molecule has 5 heteroatoms. The number of rotatable bonds is 1. The van der Waals surface area contributed by atoms with Gasteiger partial charge >= 0.3 is 6.09 Å². The largest absolute Gasteiger partial charge is 0.409 e. The van der Waals surface area contributed by atoms with Gasteiger partial charge in [-0.2, -0.15) is 0 Å². The molecule has 21 heavy (non-hydrogen) atoms. The summed E-state index contributed by atoms with van der Waals surface area (Å²) in [6.45, 7) is 0.898. The Balaban J connectivity index is 2.06. The second kappa shape index (κ2) is 5.65. The number of hydrogen-bond acceptors (Lipinski definition) is 4. The van der Waals surface area contributed by atoms with Gasteiger partial charge in [-0.1, -0.05) is 23.7 Å². The molecule has 5 nitrogen and oxygen atoms in total. The summed E-state index contributed by atoms with van der Waals surface area (Å²) in [5.41, 5.74) is 6.05. The van der Waals surface area contributed by atoms with E-state index in [4.69, 9.17) is 19.9 Å². The Labute approximate surface area is 123 Å². The molecule has 2 bridgehead atoms. The lowest BCUT2D eigenvalue weighted by Crippen LogP contribution is -2.41. The molecule has 2 N–H and O–H groups in total. The summed E-state index contributed by atoms with van der Waals surface area (Å²) >= 11 is 0. The molecule has 1 heterocycles. The SMILES string of the molecule is NC(=O)OC1=C2CC#C/C=C\C#CC(C2)CC12OCCO2. The molecule has 0 aromatic heterocycles. The number of amides is 1. The minimum absolute atomic E-state index is 0.0721. The minimum atomic E-state index is -1.05. The van der Waals surface area contributed by atoms with E-state index in [1.807, 2.05) is 0 Å². The van der Waals surface area contributed by atoms with E-state index in [2.05, 4.69) is 23.7 Å². The van der Waals surface area contributed by atoms with E-state index in [0.29, 0.717) is 38.2 Å². The van der Waals surface area contributed by atoms with E-state index in [0.717, 1.165) is 5.57 Å². The van der Waals surface area contributed by atoms with Gasteiger partial charge < -0.3 is 19.9 Å². The van der Waals surface area contributed by atoms with Crippen molar-refractivity contribution in [1.29, 1.82) is 0 Å². The van der Waals surface area contributed by atoms with E-state index in [1.165, 1.54) is 0 Å². The highest BCUT2D eigenvalue weighted by Crippen LogP contribution is 2.44. The molecular formula is C16H15NO4. The first-order valence-electron chi connectivity index (χ1n) is 6.82. The first-order chi connectivity index (χ1) is 10.2. The zero-order chi connectivity index (χ0) is 14.7. The van der Waals surface area contributed by atoms with Crippen LogP contribution in [0.2, 0.25) is 0 Å². The van der Waals surface area contributed by atoms with Crippen LogP contribution >= 0.6 is 0 Å². The van der Waals surface area contributed by atoms with Crippen LogP contribution in [0.4, 0.5) is 4.79 Å². The third-order valence-corrected chi connectivity index (χ3v) is 3.57. The fourth-order valence-electron chi connectivity index (χ4n) is 2.82. The van der Waals surface area contributed by atoms with Gasteiger partial charge in [0.15, 0.2) is 5.76 Å². The predicted octanol–water partition coefficient (Wildman–Crippen LogP) is 1.46. The molecule has 0 radical (unpaired) electrons. The molecule has 1 amide bonds. The smallest absolute Gasteiger partial charge is 0.409 e. The topological polar surface area (TPSA) is 70.8 Å². The van der Waals surface area contributed by atoms with Crippen molar-refractivity contribution in [2.24, 2.45) is 11.7 Å². The molecule has 0 saturated carbocycles. The Morgan fingerprint density at radius 1 is 1.33 bits per heavy atom. The monoisotopic (exact) mass is 285 g/mol. The minimum Gasteiger partial charge on any atom is -0.409 e. The van der Waals surface area contributed by atoms with Crippen molar-refractivity contribution in [2.75, 3.05) is 13.2 Å². The maximum absolute atomic E-state index is 11.2. The Morgan fingerprint density at radius 2 is 2.10 bits per heavy atom. The van der Waals surface area contributed by atoms with Gasteiger partial charge in [0.05, 0.1) is 13.2 Å². The number of primary amides is 1. The van der Waals surface area contributed by atoms with Crippen LogP contribution < -0.4 is 5.73 Å². The highest BCUT2D eigenvalue weighted by Gasteiger charge is 2.49. The molecule has 2 aliphatic carbocycles. The van der Waals surface area contributed by atoms with E-state index in [1.54, 1.807) is 12.2 Å². The zero-order valence-corrected chi connectivity index (χ0v) is 11.5. The molecular weight excluding hydrogens is 270 g/mol. The van der Waals surface area contributed by atoms with E-state index in [9.17, 15) is 4.79 Å². The van der Waals surface area contributed by atoms with E-state index in [-0.39, 0.29) is 5.92 Å². The fourth-order valence-corrected chi connectivity index (χ4v) is 2.82. The summed E-state index contributed by atoms with van der Waals surface area (Å²) in [6, 6.07) is 0. The van der Waals surface area contributed by atoms with Crippen LogP contribution in [0.25, 0.3) is 0 Å². The van der Waals surface area contributed by atoms with Crippen molar-refractivity contribution in [1.82, 2.24) is 0 Å². The lowest BCUT2D eigenvalue weighted by molar-refractivity contribution is -0.164. The van der Waals surface area contributed by atoms with Gasteiger partial charge in [0.2, 0.25) is 5.79 Å². The number of carbonyl (C=O) groups excluding carboxylic acids is 1. The molecule has 3 aliphatic rings. The first kappa shape index (κ1) is 13.8. The summed E-state index contributed by atoms with van der Waals surface area (Å²) in [5, 5.41) is 0. The molecule has 1 fully saturated rings. The van der Waals surface area contributed by atoms with Crippen LogP contribution in [0.1, 0.15) is 19.3 Å². The van der Waals surface area contributed by atoms with E-state index < -0.39 is 11.9 Å². The lowest BCUT2D eigenvalue weighted by Gasteiger charge is -2.36. The standard InChI is InChI=1S/C16H15NO4/c17-15(18)21-14-13-7-5-3-1-2-4-6-12(10-13)11-16(14)19-8-9-20-16/h1-2,12H,7-11H2,(H2,17,18)/b2-1-. The number of ether oxygens (including phenoxy) is 3. The Hall–Kier alpha value is -2.21. The molecule has 1 unspecified atom stereocenters. The molecule has 0 aromatic carbocycles. The van der Waals surface area contributed by atoms with Crippen molar-refractivity contribution < 1.29 is 19.0 Å². The summed E-state index contributed by atoms with van der Waals surface area (Å²) in [5.74, 6) is 11.4. The highest BCUT2D eigenvalue weighted by molar-refractivity contribution is 5.66. The highest BCUT2D eigenvalue weighted by atomic mass is 16.8. The number of fused-ring (bicyclic) bond motifs is 2. The van der Waals surface area contributed by atoms with Crippen LogP contribution in [0.15, 0.2) is 23.5 Å². The first-order valence-corrected chi connectivity index (χ1v) is 6.82. The van der Waals surface area contributed by atoms with Crippen molar-refractivity contribution in [3.05, 3.63) is 23.5 Å². The maximum atomic E-state index is 11.2. The van der Waals surface area contributed by atoms with Crippen LogP contribution in [0, 0.1) is 29.6 Å². The van der Waals surface area contributed by atoms with Gasteiger partial charge in [0, 0.05) is 18.8 Å². The van der Waals surface area contributed by atoms with Crippen LogP contribution in [-0.4, -0.2) is 25.1 Å². The van der Waals surface area contributed by atoms with Gasteiger partial charge in [-0.15, -0.1) is 0 Å². The molecule has 1 aliphatic heterocycles. The second-order valence-corrected chi connectivity index (χ2v) is 5.03. The summed E-state index contributed by atoms with van der Waals surface area (Å²) < 4.78 is 16.7. The third kappa shape index (κ3) is 2.80. The Kier molecular flexibility index (Phi) is 3.70. The number of allylic oxidation sites excluding steroid dienone is 3. The van der Waals surface area contributed by atoms with Gasteiger partial charge in [-0.3, -0.25) is 0 Å². The van der Waals surface area contributed by atoms with Crippen molar-refractivity contribution >= 4 is 6.09 Å². The third-order valence-electron chi connectivity index (χ3n) is 3.57. The number of hydrogen-bond donors (Lipinski definition) is 1. The summed E-state index contributed by atoms with van der Waals surface area (Å²) in [4.78, 5) is 11.2. The second-order valence-electron chi connectivity index (χ2n) is 5.03. The van der Waals surface area contributed by atoms with Gasteiger partial charge in [-0.05, 0) is 24.1 Å². The molecule has 1 saturated heterocycles. The van der Waals surface area contributed by atoms with Crippen LogP contribution in [0.3, 0.4) is 0 Å². The van der Waals surface area contributed by atoms with Gasteiger partial charge in [-0.25, -0.2) is 4.79 Å². The predicted molar refractivity (Wildman–Crippen MR) is 74.4 cm³/mol. The zero-order valence-electron chi connectivity index (χ0n) is 11.5. The van der Waals surface area contributed by atoms with Crippen molar-refractivity contribution in [2.45, 2.75) is 25.0 Å². The van der Waals surface area contributed by atoms with Gasteiger partial charge in [0.25, 0.3) is 0 Å². The van der Waals surface area contributed by atoms with Crippen molar-refractivity contribution in [3.63, 3.8) is 0 Å². The average molecular weight is 285 g/mol. The Bertz CT molecular complexity index is 633. The molecule has 108 valence electrons. The Morgan fingerprint density at radius 3 is 2.86 bits per heavy atom. The van der Waals surface area contributed by atoms with E-state index >= 15 is 0 Å². The number of carbonyl (C=O) groups is 1. The maximum Gasteiger partial charge on any atom is 0.409 e. The number of nitrogens with two attached hydrogens (primary N) is 1. The quantitative estimate of drug-likeness (QED) is 0.740. The molecule has 1 atom stereocenters. The summed E-state index contributed by atoms with van der Waals surface area (Å²) in [6.07, 6.45) is 4.24. The fraction of sp³-hybridized carbons (Fsp3) is 0.438. The van der Waals surface area contributed by atoms with Gasteiger partial charge in [0.1, 0.15) is 0 Å². The lowest BCUT2D eigenvalue weighted by atomic mass is 9.82.